The van der Waals surface area contributed by atoms with E-state index in [1.165, 1.54) is 26.0 Å². The fourth-order valence-corrected chi connectivity index (χ4v) is 1.96. The number of aliphatic imine (C=N–C) groups is 1. The predicted octanol–water partition coefficient (Wildman–Crippen LogP) is 4.32. The first kappa shape index (κ1) is 17.2. The third-order valence-corrected chi connectivity index (χ3v) is 2.64. The van der Waals surface area contributed by atoms with Gasteiger partial charge >= 0.3 is 12.4 Å². The lowest BCUT2D eigenvalue weighted by Gasteiger charge is -2.14. The van der Waals surface area contributed by atoms with E-state index in [0.29, 0.717) is 0 Å². The van der Waals surface area contributed by atoms with Crippen LogP contribution >= 0.6 is 0 Å². The molecule has 0 unspecified atom stereocenters. The highest BCUT2D eigenvalue weighted by Crippen LogP contribution is 2.31. The van der Waals surface area contributed by atoms with Crippen LogP contribution in [0.1, 0.15) is 27.0 Å². The number of benzene rings is 1. The number of hydrogen-bond donors (Lipinski definition) is 0. The molecule has 116 valence electrons. The van der Waals surface area contributed by atoms with Gasteiger partial charge in [-0.3, -0.25) is 4.79 Å². The van der Waals surface area contributed by atoms with Crippen molar-refractivity contribution in [1.29, 1.82) is 0 Å². The Morgan fingerprint density at radius 1 is 0.905 bits per heavy atom. The lowest BCUT2D eigenvalue weighted by atomic mass is 9.99. The molecule has 0 saturated carbocycles. The first-order valence-electron chi connectivity index (χ1n) is 5.69. The van der Waals surface area contributed by atoms with Crippen LogP contribution in [-0.2, 0) is 0 Å². The molecule has 0 bridgehead atoms. The molecule has 0 aliphatic carbocycles. The van der Waals surface area contributed by atoms with Gasteiger partial charge in [-0.15, -0.1) is 0 Å². The number of rotatable bonds is 1. The molecule has 0 aliphatic heterocycles. The normalized spacial score (nSPS) is 12.2. The van der Waals surface area contributed by atoms with Gasteiger partial charge in [-0.1, -0.05) is 17.7 Å². The molecule has 0 spiro atoms. The van der Waals surface area contributed by atoms with Crippen molar-refractivity contribution >= 4 is 11.6 Å². The molecule has 21 heavy (non-hydrogen) atoms. The number of alkyl halides is 6. The lowest BCUT2D eigenvalue weighted by Crippen LogP contribution is -2.37. The Bertz CT molecular complexity index is 559. The number of hydrogen-bond acceptors (Lipinski definition) is 1. The van der Waals surface area contributed by atoms with Gasteiger partial charge < -0.3 is 0 Å². The summed E-state index contributed by atoms with van der Waals surface area (Å²) >= 11 is 0. The Morgan fingerprint density at radius 3 is 1.62 bits per heavy atom. The molecule has 0 saturated heterocycles. The molecule has 1 amide bonds. The van der Waals surface area contributed by atoms with Gasteiger partial charge in [-0.2, -0.15) is 31.3 Å². The van der Waals surface area contributed by atoms with E-state index in [9.17, 15) is 31.1 Å². The minimum atomic E-state index is -5.75. The van der Waals surface area contributed by atoms with Crippen molar-refractivity contribution in [3.63, 3.8) is 0 Å². The Hall–Kier alpha value is -1.86. The summed E-state index contributed by atoms with van der Waals surface area (Å²) in [5, 5.41) is 0. The van der Waals surface area contributed by atoms with Crippen LogP contribution < -0.4 is 0 Å². The molecule has 0 aromatic heterocycles. The van der Waals surface area contributed by atoms with E-state index in [4.69, 9.17) is 0 Å². The molecule has 1 rings (SSSR count). The first-order chi connectivity index (χ1) is 9.34. The van der Waals surface area contributed by atoms with Crippen LogP contribution in [0.2, 0.25) is 0 Å². The summed E-state index contributed by atoms with van der Waals surface area (Å²) in [5.41, 5.74) is -2.04. The van der Waals surface area contributed by atoms with Crippen molar-refractivity contribution in [1.82, 2.24) is 0 Å². The summed E-state index contributed by atoms with van der Waals surface area (Å²) in [5.74, 6) is -1.56. The fraction of sp³-hybridized carbons (Fsp3) is 0.385. The largest absolute Gasteiger partial charge is 0.438 e. The van der Waals surface area contributed by atoms with E-state index in [-0.39, 0.29) is 16.7 Å². The summed E-state index contributed by atoms with van der Waals surface area (Å²) in [6.07, 6.45) is -11.5. The van der Waals surface area contributed by atoms with E-state index in [1.54, 1.807) is 6.92 Å². The average molecular weight is 311 g/mol. The molecule has 0 radical (unpaired) electrons. The quantitative estimate of drug-likeness (QED) is 0.561. The number of aryl methyl sites for hydroxylation is 3. The number of amides is 1. The minimum Gasteiger partial charge on any atom is -0.267 e. The van der Waals surface area contributed by atoms with Gasteiger partial charge in [-0.25, -0.2) is 0 Å². The highest BCUT2D eigenvalue weighted by molar-refractivity contribution is 6.08. The van der Waals surface area contributed by atoms with Crippen molar-refractivity contribution in [2.24, 2.45) is 4.99 Å². The Labute approximate surface area is 116 Å². The Balaban J connectivity index is 3.41. The number of halogens is 6. The number of carbonyl (C=O) groups is 1. The third-order valence-electron chi connectivity index (χ3n) is 2.64. The van der Waals surface area contributed by atoms with Crippen LogP contribution in [0, 0.1) is 20.8 Å². The van der Waals surface area contributed by atoms with E-state index in [2.05, 4.69) is 4.99 Å². The van der Waals surface area contributed by atoms with Crippen molar-refractivity contribution in [3.05, 3.63) is 34.4 Å². The maximum absolute atomic E-state index is 12.4. The Kier molecular flexibility index (Phi) is 4.50. The molecule has 0 heterocycles. The van der Waals surface area contributed by atoms with Gasteiger partial charge in [0.2, 0.25) is 5.71 Å². The highest BCUT2D eigenvalue weighted by Gasteiger charge is 2.53. The molecule has 0 atom stereocenters. The Morgan fingerprint density at radius 2 is 1.29 bits per heavy atom. The van der Waals surface area contributed by atoms with Crippen LogP contribution in [0.25, 0.3) is 0 Å². The molecule has 0 N–H and O–H groups in total. The van der Waals surface area contributed by atoms with Gasteiger partial charge in [0.1, 0.15) is 0 Å². The summed E-state index contributed by atoms with van der Waals surface area (Å²) in [6, 6.07) is 2.97. The highest BCUT2D eigenvalue weighted by atomic mass is 19.4. The van der Waals surface area contributed by atoms with E-state index >= 15 is 0 Å². The van der Waals surface area contributed by atoms with Gasteiger partial charge in [0.05, 0.1) is 0 Å². The van der Waals surface area contributed by atoms with E-state index in [1.807, 2.05) is 0 Å². The second kappa shape index (κ2) is 5.50. The second-order valence-electron chi connectivity index (χ2n) is 4.53. The van der Waals surface area contributed by atoms with Crippen LogP contribution in [0.15, 0.2) is 17.1 Å². The molecule has 1 aromatic carbocycles. The van der Waals surface area contributed by atoms with Crippen LogP contribution in [0.5, 0.6) is 0 Å². The molecule has 0 fully saturated rings. The SMILES string of the molecule is Cc1cc(C)c(C(=O)N=C(C(F)(F)F)C(F)(F)F)c(C)c1. The van der Waals surface area contributed by atoms with Crippen LogP contribution in [-0.4, -0.2) is 24.0 Å². The zero-order chi connectivity index (χ0) is 16.6. The van der Waals surface area contributed by atoms with Gasteiger partial charge in [-0.05, 0) is 31.9 Å². The summed E-state index contributed by atoms with van der Waals surface area (Å²) in [4.78, 5) is 14.0. The zero-order valence-corrected chi connectivity index (χ0v) is 11.3. The molecule has 8 heteroatoms. The average Bonchev–Trinajstić information content (AvgIpc) is 2.21. The second-order valence-corrected chi connectivity index (χ2v) is 4.53. The van der Waals surface area contributed by atoms with Crippen molar-refractivity contribution in [2.75, 3.05) is 0 Å². The summed E-state index contributed by atoms with van der Waals surface area (Å²) < 4.78 is 74.1. The predicted molar refractivity (Wildman–Crippen MR) is 64.5 cm³/mol. The van der Waals surface area contributed by atoms with Crippen LogP contribution in [0.4, 0.5) is 26.3 Å². The fourth-order valence-electron chi connectivity index (χ4n) is 1.96. The van der Waals surface area contributed by atoms with Crippen molar-refractivity contribution < 1.29 is 31.1 Å². The lowest BCUT2D eigenvalue weighted by molar-refractivity contribution is -0.117. The maximum Gasteiger partial charge on any atom is 0.438 e. The molecule has 2 nitrogen and oxygen atoms in total. The molecule has 1 aromatic rings. The standard InChI is InChI=1S/C13H11F6NO/c1-6-4-7(2)9(8(3)5-6)10(21)20-11(12(14,15)16)13(17,18)19/h4-5H,1-3H3. The smallest absolute Gasteiger partial charge is 0.267 e. The first-order valence-corrected chi connectivity index (χ1v) is 5.69. The monoisotopic (exact) mass is 311 g/mol. The van der Waals surface area contributed by atoms with Gasteiger partial charge in [0.15, 0.2) is 0 Å². The maximum atomic E-state index is 12.4. The summed E-state index contributed by atoms with van der Waals surface area (Å²) in [7, 11) is 0. The number of carbonyl (C=O) groups excluding carboxylic acids is 1. The van der Waals surface area contributed by atoms with E-state index in [0.717, 1.165) is 5.56 Å². The minimum absolute atomic E-state index is 0.258. The topological polar surface area (TPSA) is 29.4 Å². The van der Waals surface area contributed by atoms with E-state index < -0.39 is 24.0 Å². The van der Waals surface area contributed by atoms with Gasteiger partial charge in [0, 0.05) is 5.56 Å². The number of nitrogens with zero attached hydrogens (tertiary/aromatic N) is 1. The van der Waals surface area contributed by atoms with Crippen LogP contribution in [0.3, 0.4) is 0 Å². The van der Waals surface area contributed by atoms with Crippen molar-refractivity contribution in [3.8, 4) is 0 Å². The van der Waals surface area contributed by atoms with Crippen molar-refractivity contribution in [2.45, 2.75) is 33.1 Å². The van der Waals surface area contributed by atoms with Gasteiger partial charge in [0.25, 0.3) is 5.91 Å². The zero-order valence-electron chi connectivity index (χ0n) is 11.3. The third kappa shape index (κ3) is 4.05. The molecule has 0 aliphatic rings. The summed E-state index contributed by atoms with van der Waals surface area (Å²) in [6.45, 7) is 4.53. The molecular weight excluding hydrogens is 300 g/mol. The molecular formula is C13H11F6NO.